The van der Waals surface area contributed by atoms with E-state index in [1.165, 1.54) is 11.1 Å². The van der Waals surface area contributed by atoms with Gasteiger partial charge < -0.3 is 0 Å². The first-order chi connectivity index (χ1) is 10.5. The highest BCUT2D eigenvalue weighted by Crippen LogP contribution is 2.26. The van der Waals surface area contributed by atoms with Crippen molar-refractivity contribution in [3.63, 3.8) is 0 Å². The summed E-state index contributed by atoms with van der Waals surface area (Å²) in [5.74, 6) is 0.606. The van der Waals surface area contributed by atoms with E-state index in [9.17, 15) is 0 Å². The normalized spacial score (nSPS) is 11.4. The van der Waals surface area contributed by atoms with Crippen LogP contribution in [-0.4, -0.2) is 30.0 Å². The standard InChI is InChI=1S/C15H17IN6/c1-9(2)22-19-15(18-20-22)12-8-17-21(14(12)16)13-6-5-10(3)7-11(13)4/h5-9H,1-4H3. The Balaban J connectivity index is 2.04. The van der Waals surface area contributed by atoms with Gasteiger partial charge in [-0.1, -0.05) is 17.7 Å². The molecule has 22 heavy (non-hydrogen) atoms. The third kappa shape index (κ3) is 2.65. The molecule has 0 bridgehead atoms. The van der Waals surface area contributed by atoms with E-state index in [1.807, 2.05) is 18.5 Å². The SMILES string of the molecule is Cc1ccc(-n2ncc(-c3nnn(C(C)C)n3)c2I)c(C)c1. The van der Waals surface area contributed by atoms with Gasteiger partial charge in [-0.25, -0.2) is 4.68 Å². The Labute approximate surface area is 142 Å². The number of hydrogen-bond acceptors (Lipinski definition) is 4. The van der Waals surface area contributed by atoms with Gasteiger partial charge in [-0.2, -0.15) is 9.90 Å². The summed E-state index contributed by atoms with van der Waals surface area (Å²) in [5.41, 5.74) is 4.39. The number of rotatable bonds is 3. The van der Waals surface area contributed by atoms with Crippen LogP contribution in [0.5, 0.6) is 0 Å². The van der Waals surface area contributed by atoms with Crippen LogP contribution in [0, 0.1) is 17.5 Å². The van der Waals surface area contributed by atoms with Crippen LogP contribution in [0.3, 0.4) is 0 Å². The molecule has 0 N–H and O–H groups in total. The van der Waals surface area contributed by atoms with E-state index < -0.39 is 0 Å². The summed E-state index contributed by atoms with van der Waals surface area (Å²) in [5, 5.41) is 17.1. The highest BCUT2D eigenvalue weighted by atomic mass is 127. The summed E-state index contributed by atoms with van der Waals surface area (Å²) >= 11 is 2.28. The number of aryl methyl sites for hydroxylation is 2. The molecular formula is C15H17IN6. The lowest BCUT2D eigenvalue weighted by Crippen LogP contribution is -2.04. The van der Waals surface area contributed by atoms with Crippen LogP contribution in [0.15, 0.2) is 24.4 Å². The minimum Gasteiger partial charge on any atom is -0.227 e. The van der Waals surface area contributed by atoms with E-state index in [1.54, 1.807) is 11.0 Å². The number of nitrogens with zero attached hydrogens (tertiary/aromatic N) is 6. The summed E-state index contributed by atoms with van der Waals surface area (Å²) in [6.07, 6.45) is 1.79. The fourth-order valence-corrected chi connectivity index (χ4v) is 3.01. The number of halogens is 1. The molecule has 3 aromatic rings. The van der Waals surface area contributed by atoms with Gasteiger partial charge in [0.15, 0.2) is 0 Å². The Morgan fingerprint density at radius 2 is 1.95 bits per heavy atom. The zero-order chi connectivity index (χ0) is 15.9. The smallest absolute Gasteiger partial charge is 0.209 e. The first-order valence-corrected chi connectivity index (χ1v) is 8.16. The maximum absolute atomic E-state index is 4.50. The van der Waals surface area contributed by atoms with Crippen molar-refractivity contribution in [1.82, 2.24) is 30.0 Å². The van der Waals surface area contributed by atoms with Crippen molar-refractivity contribution in [3.05, 3.63) is 39.2 Å². The molecule has 2 aromatic heterocycles. The average molecular weight is 408 g/mol. The zero-order valence-electron chi connectivity index (χ0n) is 12.9. The van der Waals surface area contributed by atoms with E-state index in [-0.39, 0.29) is 6.04 Å². The molecular weight excluding hydrogens is 391 g/mol. The Morgan fingerprint density at radius 3 is 2.59 bits per heavy atom. The molecule has 114 valence electrons. The maximum Gasteiger partial charge on any atom is 0.209 e. The van der Waals surface area contributed by atoms with E-state index in [0.29, 0.717) is 5.82 Å². The molecule has 0 aliphatic carbocycles. The fraction of sp³-hybridized carbons (Fsp3) is 0.333. The minimum absolute atomic E-state index is 0.188. The molecule has 0 radical (unpaired) electrons. The summed E-state index contributed by atoms with van der Waals surface area (Å²) in [6, 6.07) is 6.52. The molecule has 0 fully saturated rings. The van der Waals surface area contributed by atoms with E-state index in [0.717, 1.165) is 15.0 Å². The molecule has 1 aromatic carbocycles. The summed E-state index contributed by atoms with van der Waals surface area (Å²) in [4.78, 5) is 1.61. The Bertz CT molecular complexity index is 817. The molecule has 0 unspecified atom stereocenters. The van der Waals surface area contributed by atoms with Crippen molar-refractivity contribution in [2.45, 2.75) is 33.7 Å². The van der Waals surface area contributed by atoms with Crippen molar-refractivity contribution in [2.24, 2.45) is 0 Å². The van der Waals surface area contributed by atoms with Crippen molar-refractivity contribution in [3.8, 4) is 17.1 Å². The van der Waals surface area contributed by atoms with Gasteiger partial charge >= 0.3 is 0 Å². The van der Waals surface area contributed by atoms with Gasteiger partial charge in [0, 0.05) is 0 Å². The first-order valence-electron chi connectivity index (χ1n) is 7.08. The Morgan fingerprint density at radius 1 is 1.18 bits per heavy atom. The van der Waals surface area contributed by atoms with E-state index in [4.69, 9.17) is 0 Å². The lowest BCUT2D eigenvalue weighted by atomic mass is 10.1. The fourth-order valence-electron chi connectivity index (χ4n) is 2.25. The molecule has 0 spiro atoms. The Kier molecular flexibility index (Phi) is 3.98. The number of benzene rings is 1. The molecule has 0 atom stereocenters. The minimum atomic E-state index is 0.188. The van der Waals surface area contributed by atoms with Crippen molar-refractivity contribution >= 4 is 22.6 Å². The van der Waals surface area contributed by atoms with Crippen LogP contribution >= 0.6 is 22.6 Å². The molecule has 7 heteroatoms. The zero-order valence-corrected chi connectivity index (χ0v) is 15.1. The van der Waals surface area contributed by atoms with E-state index >= 15 is 0 Å². The molecule has 0 amide bonds. The second-order valence-corrected chi connectivity index (χ2v) is 6.60. The van der Waals surface area contributed by atoms with Crippen LogP contribution in [0.1, 0.15) is 31.0 Å². The topological polar surface area (TPSA) is 61.4 Å². The molecule has 0 aliphatic heterocycles. The van der Waals surface area contributed by atoms with Gasteiger partial charge in [0.2, 0.25) is 5.82 Å². The molecule has 3 rings (SSSR count). The molecule has 2 heterocycles. The highest BCUT2D eigenvalue weighted by Gasteiger charge is 2.17. The number of tetrazole rings is 1. The summed E-state index contributed by atoms with van der Waals surface area (Å²) in [7, 11) is 0. The van der Waals surface area contributed by atoms with Crippen LogP contribution < -0.4 is 0 Å². The first kappa shape index (κ1) is 15.1. The Hall–Kier alpha value is -1.77. The van der Waals surface area contributed by atoms with Crippen LogP contribution in [0.25, 0.3) is 17.1 Å². The average Bonchev–Trinajstić information content (AvgIpc) is 3.06. The van der Waals surface area contributed by atoms with Gasteiger partial charge in [-0.15, -0.1) is 10.2 Å². The number of aromatic nitrogens is 6. The van der Waals surface area contributed by atoms with Gasteiger partial charge in [0.05, 0.1) is 23.5 Å². The van der Waals surface area contributed by atoms with Gasteiger partial charge in [0.1, 0.15) is 3.70 Å². The lowest BCUT2D eigenvalue weighted by molar-refractivity contribution is 0.455. The van der Waals surface area contributed by atoms with Gasteiger partial charge in [-0.3, -0.25) is 0 Å². The van der Waals surface area contributed by atoms with Crippen molar-refractivity contribution in [2.75, 3.05) is 0 Å². The molecule has 6 nitrogen and oxygen atoms in total. The third-order valence-electron chi connectivity index (χ3n) is 3.42. The predicted molar refractivity (Wildman–Crippen MR) is 93.0 cm³/mol. The highest BCUT2D eigenvalue weighted by molar-refractivity contribution is 14.1. The van der Waals surface area contributed by atoms with Crippen LogP contribution in [0.4, 0.5) is 0 Å². The lowest BCUT2D eigenvalue weighted by Gasteiger charge is -2.08. The van der Waals surface area contributed by atoms with Crippen molar-refractivity contribution in [1.29, 1.82) is 0 Å². The molecule has 0 aliphatic rings. The molecule has 0 saturated carbocycles. The quantitative estimate of drug-likeness (QED) is 0.624. The monoisotopic (exact) mass is 408 g/mol. The largest absolute Gasteiger partial charge is 0.227 e. The maximum atomic E-state index is 4.50. The molecule has 0 saturated heterocycles. The van der Waals surface area contributed by atoms with Gasteiger partial charge in [-0.05, 0) is 67.1 Å². The second kappa shape index (κ2) is 5.79. The third-order valence-corrected chi connectivity index (χ3v) is 4.46. The van der Waals surface area contributed by atoms with Crippen LogP contribution in [0.2, 0.25) is 0 Å². The summed E-state index contributed by atoms with van der Waals surface area (Å²) < 4.78 is 2.90. The predicted octanol–water partition coefficient (Wildman–Crippen LogP) is 3.33. The second-order valence-electron chi connectivity index (χ2n) is 5.58. The van der Waals surface area contributed by atoms with E-state index in [2.05, 4.69) is 75.1 Å². The van der Waals surface area contributed by atoms with Crippen LogP contribution in [-0.2, 0) is 0 Å². The summed E-state index contributed by atoms with van der Waals surface area (Å²) in [6.45, 7) is 8.22. The van der Waals surface area contributed by atoms with Crippen molar-refractivity contribution < 1.29 is 0 Å². The van der Waals surface area contributed by atoms with Gasteiger partial charge in [0.25, 0.3) is 0 Å². The number of hydrogen-bond donors (Lipinski definition) is 0.